The molecule has 0 spiro atoms. The van der Waals surface area contributed by atoms with Crippen LogP contribution < -0.4 is 5.32 Å². The van der Waals surface area contributed by atoms with Gasteiger partial charge in [0.25, 0.3) is 5.91 Å². The van der Waals surface area contributed by atoms with E-state index in [-0.39, 0.29) is 16.7 Å². The second-order valence-corrected chi connectivity index (χ2v) is 7.87. The third-order valence-electron chi connectivity index (χ3n) is 2.87. The maximum atomic E-state index is 12.2. The monoisotopic (exact) mass is 324 g/mol. The van der Waals surface area contributed by atoms with Crippen LogP contribution in [-0.2, 0) is 9.84 Å². The fraction of sp³-hybridized carbons (Fsp3) is 0.286. The molecule has 0 aliphatic heterocycles. The van der Waals surface area contributed by atoms with Crippen LogP contribution >= 0.6 is 11.3 Å². The van der Waals surface area contributed by atoms with Crippen molar-refractivity contribution in [3.05, 3.63) is 40.3 Å². The molecule has 7 heteroatoms. The molecule has 2 rings (SSSR count). The van der Waals surface area contributed by atoms with Crippen molar-refractivity contribution in [1.82, 2.24) is 4.98 Å². The van der Waals surface area contributed by atoms with E-state index in [0.717, 1.165) is 11.1 Å². The summed E-state index contributed by atoms with van der Waals surface area (Å²) in [6, 6.07) is 6.07. The van der Waals surface area contributed by atoms with Gasteiger partial charge in [0.1, 0.15) is 5.69 Å². The van der Waals surface area contributed by atoms with Crippen LogP contribution in [0.5, 0.6) is 0 Å². The first-order valence-electron chi connectivity index (χ1n) is 6.34. The number of thiazole rings is 1. The first kappa shape index (κ1) is 15.7. The summed E-state index contributed by atoms with van der Waals surface area (Å²) in [6.07, 6.45) is 1.14. The lowest BCUT2D eigenvalue weighted by molar-refractivity contribution is 0.102. The van der Waals surface area contributed by atoms with Crippen molar-refractivity contribution in [1.29, 1.82) is 0 Å². The Morgan fingerprint density at radius 3 is 2.38 bits per heavy atom. The van der Waals surface area contributed by atoms with Crippen LogP contribution in [0.1, 0.15) is 35.1 Å². The fourth-order valence-electron chi connectivity index (χ4n) is 1.81. The smallest absolute Gasteiger partial charge is 0.275 e. The van der Waals surface area contributed by atoms with E-state index in [1.807, 2.05) is 13.8 Å². The topological polar surface area (TPSA) is 76.1 Å². The lowest BCUT2D eigenvalue weighted by Crippen LogP contribution is -2.14. The summed E-state index contributed by atoms with van der Waals surface area (Å²) in [5.74, 6) is -0.0575. The van der Waals surface area contributed by atoms with Gasteiger partial charge in [0.15, 0.2) is 9.84 Å². The number of aromatic nitrogens is 1. The molecule has 1 amide bonds. The van der Waals surface area contributed by atoms with Gasteiger partial charge in [0.2, 0.25) is 0 Å². The predicted molar refractivity (Wildman–Crippen MR) is 83.7 cm³/mol. The standard InChI is InChI=1S/C14H16N2O3S2/c1-9(2)13-12(15-8-20-13)14(17)16-10-4-6-11(7-5-10)21(3,18)19/h4-9H,1-3H3,(H,16,17). The number of nitrogens with one attached hydrogen (secondary N) is 1. The second-order valence-electron chi connectivity index (χ2n) is 4.97. The van der Waals surface area contributed by atoms with Gasteiger partial charge in [0, 0.05) is 16.8 Å². The number of hydrogen-bond donors (Lipinski definition) is 1. The average molecular weight is 324 g/mol. The minimum atomic E-state index is -3.23. The van der Waals surface area contributed by atoms with Crippen LogP contribution in [-0.4, -0.2) is 25.6 Å². The third-order valence-corrected chi connectivity index (χ3v) is 5.13. The number of rotatable bonds is 4. The number of hydrogen-bond acceptors (Lipinski definition) is 5. The lowest BCUT2D eigenvalue weighted by Gasteiger charge is -2.07. The SMILES string of the molecule is CC(C)c1scnc1C(=O)Nc1ccc(S(C)(=O)=O)cc1. The summed E-state index contributed by atoms with van der Waals surface area (Å²) in [6.45, 7) is 4.01. The lowest BCUT2D eigenvalue weighted by atomic mass is 10.1. The van der Waals surface area contributed by atoms with Crippen molar-refractivity contribution < 1.29 is 13.2 Å². The van der Waals surface area contributed by atoms with Crippen LogP contribution in [0.3, 0.4) is 0 Å². The van der Waals surface area contributed by atoms with E-state index in [2.05, 4.69) is 10.3 Å². The molecule has 0 saturated heterocycles. The van der Waals surface area contributed by atoms with E-state index in [1.165, 1.54) is 23.5 Å². The molecule has 0 radical (unpaired) electrons. The Labute approximate surface area is 128 Å². The van der Waals surface area contributed by atoms with E-state index in [1.54, 1.807) is 17.6 Å². The molecule has 0 aliphatic rings. The quantitative estimate of drug-likeness (QED) is 0.938. The Hall–Kier alpha value is -1.73. The molecular weight excluding hydrogens is 308 g/mol. The fourth-order valence-corrected chi connectivity index (χ4v) is 3.24. The molecule has 112 valence electrons. The molecular formula is C14H16N2O3S2. The summed E-state index contributed by atoms with van der Waals surface area (Å²) in [4.78, 5) is 17.4. The molecule has 1 aromatic carbocycles. The molecule has 21 heavy (non-hydrogen) atoms. The maximum absolute atomic E-state index is 12.2. The Kier molecular flexibility index (Phi) is 4.43. The van der Waals surface area contributed by atoms with Gasteiger partial charge in [-0.05, 0) is 30.2 Å². The van der Waals surface area contributed by atoms with Gasteiger partial charge in [-0.25, -0.2) is 13.4 Å². The molecule has 1 aromatic heterocycles. The van der Waals surface area contributed by atoms with Crippen molar-refractivity contribution in [2.75, 3.05) is 11.6 Å². The van der Waals surface area contributed by atoms with Crippen LogP contribution in [0.15, 0.2) is 34.7 Å². The zero-order valence-electron chi connectivity index (χ0n) is 12.0. The number of anilines is 1. The van der Waals surface area contributed by atoms with E-state index >= 15 is 0 Å². The highest BCUT2D eigenvalue weighted by atomic mass is 32.2. The number of carbonyl (C=O) groups is 1. The molecule has 1 heterocycles. The van der Waals surface area contributed by atoms with Crippen molar-refractivity contribution in [3.8, 4) is 0 Å². The minimum Gasteiger partial charge on any atom is -0.321 e. The third kappa shape index (κ3) is 3.68. The van der Waals surface area contributed by atoms with E-state index in [4.69, 9.17) is 0 Å². The number of carbonyl (C=O) groups excluding carboxylic acids is 1. The Balaban J connectivity index is 2.18. The van der Waals surface area contributed by atoms with Crippen molar-refractivity contribution in [2.24, 2.45) is 0 Å². The summed E-state index contributed by atoms with van der Waals surface area (Å²) in [7, 11) is -3.23. The summed E-state index contributed by atoms with van der Waals surface area (Å²) in [5, 5.41) is 2.73. The minimum absolute atomic E-state index is 0.219. The summed E-state index contributed by atoms with van der Waals surface area (Å²) in [5.41, 5.74) is 2.61. The maximum Gasteiger partial charge on any atom is 0.275 e. The van der Waals surface area contributed by atoms with Crippen molar-refractivity contribution in [3.63, 3.8) is 0 Å². The predicted octanol–water partition coefficient (Wildman–Crippen LogP) is 2.92. The molecule has 0 bridgehead atoms. The molecule has 5 nitrogen and oxygen atoms in total. The average Bonchev–Trinajstić information content (AvgIpc) is 2.87. The summed E-state index contributed by atoms with van der Waals surface area (Å²) >= 11 is 1.45. The normalized spacial score (nSPS) is 11.6. The Bertz CT molecular complexity index is 747. The van der Waals surface area contributed by atoms with Gasteiger partial charge < -0.3 is 5.32 Å². The van der Waals surface area contributed by atoms with E-state index in [0.29, 0.717) is 11.4 Å². The first-order chi connectivity index (χ1) is 9.79. The van der Waals surface area contributed by atoms with Gasteiger partial charge in [-0.15, -0.1) is 11.3 Å². The van der Waals surface area contributed by atoms with E-state index < -0.39 is 9.84 Å². The zero-order valence-corrected chi connectivity index (χ0v) is 13.6. The molecule has 0 fully saturated rings. The molecule has 0 unspecified atom stereocenters. The highest BCUT2D eigenvalue weighted by Crippen LogP contribution is 2.24. The number of benzene rings is 1. The first-order valence-corrected chi connectivity index (χ1v) is 9.11. The zero-order chi connectivity index (χ0) is 15.6. The summed E-state index contributed by atoms with van der Waals surface area (Å²) < 4.78 is 22.8. The number of amides is 1. The second kappa shape index (κ2) is 5.95. The van der Waals surface area contributed by atoms with Gasteiger partial charge in [-0.3, -0.25) is 4.79 Å². The van der Waals surface area contributed by atoms with Crippen molar-refractivity contribution in [2.45, 2.75) is 24.7 Å². The van der Waals surface area contributed by atoms with Crippen molar-refractivity contribution >= 4 is 32.8 Å². The van der Waals surface area contributed by atoms with Crippen LogP contribution in [0.4, 0.5) is 5.69 Å². The highest BCUT2D eigenvalue weighted by Gasteiger charge is 2.17. The number of sulfone groups is 1. The number of nitrogens with zero attached hydrogens (tertiary/aromatic N) is 1. The molecule has 0 atom stereocenters. The molecule has 2 aromatic rings. The molecule has 0 saturated carbocycles. The molecule has 0 aliphatic carbocycles. The van der Waals surface area contributed by atoms with Gasteiger partial charge in [0.05, 0.1) is 10.4 Å². The largest absolute Gasteiger partial charge is 0.321 e. The van der Waals surface area contributed by atoms with Crippen LogP contribution in [0.2, 0.25) is 0 Å². The van der Waals surface area contributed by atoms with Gasteiger partial charge in [-0.2, -0.15) is 0 Å². The highest BCUT2D eigenvalue weighted by molar-refractivity contribution is 7.90. The molecule has 1 N–H and O–H groups in total. The Morgan fingerprint density at radius 1 is 1.24 bits per heavy atom. The van der Waals surface area contributed by atoms with Crippen LogP contribution in [0, 0.1) is 0 Å². The van der Waals surface area contributed by atoms with Gasteiger partial charge in [-0.1, -0.05) is 13.8 Å². The van der Waals surface area contributed by atoms with Crippen LogP contribution in [0.25, 0.3) is 0 Å². The van der Waals surface area contributed by atoms with Gasteiger partial charge >= 0.3 is 0 Å². The Morgan fingerprint density at radius 2 is 1.86 bits per heavy atom. The van der Waals surface area contributed by atoms with E-state index in [9.17, 15) is 13.2 Å².